The monoisotopic (exact) mass is 251 g/mol. The summed E-state index contributed by atoms with van der Waals surface area (Å²) in [4.78, 5) is 0.574. The molecule has 1 aromatic rings. The summed E-state index contributed by atoms with van der Waals surface area (Å²) in [7, 11) is 0. The second-order valence-electron chi connectivity index (χ2n) is 4.76. The molecule has 0 fully saturated rings. The summed E-state index contributed by atoms with van der Waals surface area (Å²) in [5.74, 6) is 1.49. The highest BCUT2D eigenvalue weighted by molar-refractivity contribution is 7.80. The summed E-state index contributed by atoms with van der Waals surface area (Å²) < 4.78 is 5.68. The number of aryl methyl sites for hydroxylation is 2. The molecule has 0 unspecified atom stereocenters. The lowest BCUT2D eigenvalue weighted by Crippen LogP contribution is -2.09. The van der Waals surface area contributed by atoms with Gasteiger partial charge in [0.15, 0.2) is 0 Å². The van der Waals surface area contributed by atoms with E-state index in [9.17, 15) is 0 Å². The Hall–Kier alpha value is -1.09. The fourth-order valence-corrected chi connectivity index (χ4v) is 1.66. The first-order valence-electron chi connectivity index (χ1n) is 5.99. The van der Waals surface area contributed by atoms with E-state index >= 15 is 0 Å². The highest BCUT2D eigenvalue weighted by Gasteiger charge is 2.03. The van der Waals surface area contributed by atoms with Crippen molar-refractivity contribution < 1.29 is 4.74 Å². The lowest BCUT2D eigenvalue weighted by Gasteiger charge is -2.11. The van der Waals surface area contributed by atoms with Gasteiger partial charge in [-0.3, -0.25) is 0 Å². The van der Waals surface area contributed by atoms with Crippen LogP contribution in [-0.4, -0.2) is 11.6 Å². The van der Waals surface area contributed by atoms with E-state index in [1.807, 2.05) is 6.07 Å². The van der Waals surface area contributed by atoms with Crippen molar-refractivity contribution in [2.45, 2.75) is 33.6 Å². The molecule has 0 radical (unpaired) electrons. The van der Waals surface area contributed by atoms with Crippen LogP contribution in [0.2, 0.25) is 0 Å². The van der Waals surface area contributed by atoms with Gasteiger partial charge in [-0.05, 0) is 42.5 Å². The van der Waals surface area contributed by atoms with E-state index in [1.165, 1.54) is 11.1 Å². The van der Waals surface area contributed by atoms with E-state index in [0.717, 1.165) is 25.2 Å². The van der Waals surface area contributed by atoms with Gasteiger partial charge in [-0.25, -0.2) is 0 Å². The third kappa shape index (κ3) is 5.18. The Morgan fingerprint density at radius 3 is 2.65 bits per heavy atom. The van der Waals surface area contributed by atoms with Crippen LogP contribution in [-0.2, 0) is 6.42 Å². The molecule has 0 bridgehead atoms. The molecule has 0 spiro atoms. The van der Waals surface area contributed by atoms with Crippen molar-refractivity contribution in [2.75, 3.05) is 6.61 Å². The number of thiocarbonyl (C=S) groups is 1. The molecular weight excluding hydrogens is 230 g/mol. The largest absolute Gasteiger partial charge is 0.493 e. The maximum Gasteiger partial charge on any atom is 0.119 e. The smallest absolute Gasteiger partial charge is 0.119 e. The SMILES string of the molecule is Cc1cc(OCC(C)C)ccc1CCC(N)=S. The Morgan fingerprint density at radius 1 is 1.41 bits per heavy atom. The van der Waals surface area contributed by atoms with Crippen LogP contribution in [0.15, 0.2) is 18.2 Å². The van der Waals surface area contributed by atoms with Gasteiger partial charge in [0.05, 0.1) is 11.6 Å². The second kappa shape index (κ2) is 6.60. The third-order valence-electron chi connectivity index (χ3n) is 2.54. The fourth-order valence-electron chi connectivity index (χ4n) is 1.56. The Labute approximate surface area is 109 Å². The molecule has 0 aliphatic heterocycles. The summed E-state index contributed by atoms with van der Waals surface area (Å²) in [6.45, 7) is 7.13. The van der Waals surface area contributed by atoms with Gasteiger partial charge in [0.2, 0.25) is 0 Å². The quantitative estimate of drug-likeness (QED) is 0.788. The third-order valence-corrected chi connectivity index (χ3v) is 2.74. The molecule has 94 valence electrons. The van der Waals surface area contributed by atoms with Gasteiger partial charge in [-0.1, -0.05) is 32.1 Å². The number of hydrogen-bond acceptors (Lipinski definition) is 2. The minimum atomic E-state index is 0.546. The summed E-state index contributed by atoms with van der Waals surface area (Å²) in [5, 5.41) is 0. The zero-order chi connectivity index (χ0) is 12.8. The zero-order valence-corrected chi connectivity index (χ0v) is 11.6. The molecular formula is C14H21NOS. The predicted octanol–water partition coefficient (Wildman–Crippen LogP) is 3.25. The summed E-state index contributed by atoms with van der Waals surface area (Å²) in [6, 6.07) is 6.20. The number of ether oxygens (including phenoxy) is 1. The Kier molecular flexibility index (Phi) is 5.42. The van der Waals surface area contributed by atoms with Crippen molar-refractivity contribution in [2.24, 2.45) is 11.7 Å². The van der Waals surface area contributed by atoms with Crippen LogP contribution < -0.4 is 10.5 Å². The molecule has 0 aromatic heterocycles. The van der Waals surface area contributed by atoms with Crippen molar-refractivity contribution in [3.63, 3.8) is 0 Å². The first kappa shape index (κ1) is 14.0. The van der Waals surface area contributed by atoms with E-state index < -0.39 is 0 Å². The molecule has 1 aromatic carbocycles. The molecule has 17 heavy (non-hydrogen) atoms. The molecule has 0 aliphatic carbocycles. The Bertz CT molecular complexity index is 388. The maximum atomic E-state index is 5.68. The number of nitrogens with two attached hydrogens (primary N) is 1. The first-order valence-corrected chi connectivity index (χ1v) is 6.40. The van der Waals surface area contributed by atoms with Gasteiger partial charge in [-0.2, -0.15) is 0 Å². The molecule has 0 amide bonds. The highest BCUT2D eigenvalue weighted by atomic mass is 32.1. The van der Waals surface area contributed by atoms with E-state index in [4.69, 9.17) is 22.7 Å². The van der Waals surface area contributed by atoms with Gasteiger partial charge < -0.3 is 10.5 Å². The van der Waals surface area contributed by atoms with Crippen molar-refractivity contribution in [1.82, 2.24) is 0 Å². The molecule has 2 nitrogen and oxygen atoms in total. The van der Waals surface area contributed by atoms with Crippen molar-refractivity contribution >= 4 is 17.2 Å². The Morgan fingerprint density at radius 2 is 2.12 bits per heavy atom. The topological polar surface area (TPSA) is 35.2 Å². The molecule has 2 N–H and O–H groups in total. The van der Waals surface area contributed by atoms with Gasteiger partial charge in [0.1, 0.15) is 5.75 Å². The van der Waals surface area contributed by atoms with Gasteiger partial charge in [0.25, 0.3) is 0 Å². The standard InChI is InChI=1S/C14H21NOS/c1-10(2)9-16-13-6-4-12(11(3)8-13)5-7-14(15)17/h4,6,8,10H,5,7,9H2,1-3H3,(H2,15,17). The van der Waals surface area contributed by atoms with Crippen LogP contribution in [0.5, 0.6) is 5.75 Å². The molecule has 0 saturated heterocycles. The normalized spacial score (nSPS) is 10.6. The van der Waals surface area contributed by atoms with Crippen molar-refractivity contribution in [3.05, 3.63) is 29.3 Å². The van der Waals surface area contributed by atoms with E-state index in [2.05, 4.69) is 32.9 Å². The van der Waals surface area contributed by atoms with Gasteiger partial charge in [-0.15, -0.1) is 0 Å². The van der Waals surface area contributed by atoms with Crippen molar-refractivity contribution in [3.8, 4) is 5.75 Å². The van der Waals surface area contributed by atoms with E-state index in [0.29, 0.717) is 10.9 Å². The van der Waals surface area contributed by atoms with Gasteiger partial charge >= 0.3 is 0 Å². The van der Waals surface area contributed by atoms with Crippen LogP contribution in [0.4, 0.5) is 0 Å². The lowest BCUT2D eigenvalue weighted by molar-refractivity contribution is 0.271. The maximum absolute atomic E-state index is 5.68. The van der Waals surface area contributed by atoms with E-state index in [1.54, 1.807) is 0 Å². The van der Waals surface area contributed by atoms with Crippen LogP contribution in [0.1, 0.15) is 31.4 Å². The minimum absolute atomic E-state index is 0.546. The van der Waals surface area contributed by atoms with Crippen molar-refractivity contribution in [1.29, 1.82) is 0 Å². The molecule has 3 heteroatoms. The minimum Gasteiger partial charge on any atom is -0.493 e. The molecule has 1 rings (SSSR count). The van der Waals surface area contributed by atoms with Crippen LogP contribution in [0, 0.1) is 12.8 Å². The zero-order valence-electron chi connectivity index (χ0n) is 10.8. The van der Waals surface area contributed by atoms with Crippen LogP contribution >= 0.6 is 12.2 Å². The molecule has 0 aliphatic rings. The average Bonchev–Trinajstić information content (AvgIpc) is 2.24. The number of benzene rings is 1. The summed E-state index contributed by atoms with van der Waals surface area (Å²) >= 11 is 4.89. The summed E-state index contributed by atoms with van der Waals surface area (Å²) in [6.07, 6.45) is 1.67. The number of rotatable bonds is 6. The molecule has 0 saturated carbocycles. The lowest BCUT2D eigenvalue weighted by atomic mass is 10.0. The van der Waals surface area contributed by atoms with Crippen LogP contribution in [0.3, 0.4) is 0 Å². The molecule has 0 heterocycles. The van der Waals surface area contributed by atoms with E-state index in [-0.39, 0.29) is 0 Å². The average molecular weight is 251 g/mol. The van der Waals surface area contributed by atoms with Crippen LogP contribution in [0.25, 0.3) is 0 Å². The predicted molar refractivity (Wildman–Crippen MR) is 76.6 cm³/mol. The van der Waals surface area contributed by atoms with Gasteiger partial charge in [0, 0.05) is 6.42 Å². The fraction of sp³-hybridized carbons (Fsp3) is 0.500. The second-order valence-corrected chi connectivity index (χ2v) is 5.28. The summed E-state index contributed by atoms with van der Waals surface area (Å²) in [5.41, 5.74) is 8.03. The Balaban J connectivity index is 2.62. The number of hydrogen-bond donors (Lipinski definition) is 1. The molecule has 0 atom stereocenters. The first-order chi connectivity index (χ1) is 7.99. The highest BCUT2D eigenvalue weighted by Crippen LogP contribution is 2.19.